The van der Waals surface area contributed by atoms with Crippen LogP contribution in [-0.4, -0.2) is 12.5 Å². The molecule has 2 aromatic carbocycles. The Hall–Kier alpha value is -2.55. The van der Waals surface area contributed by atoms with Gasteiger partial charge in [-0.2, -0.15) is 0 Å². The highest BCUT2D eigenvalue weighted by Crippen LogP contribution is 2.16. The van der Waals surface area contributed by atoms with Crippen LogP contribution in [0.1, 0.15) is 28.9 Å². The zero-order valence-corrected chi connectivity index (χ0v) is 12.1. The van der Waals surface area contributed by atoms with Gasteiger partial charge in [0.15, 0.2) is 0 Å². The molecule has 0 spiro atoms. The summed E-state index contributed by atoms with van der Waals surface area (Å²) in [5, 5.41) is 2.98. The smallest absolute Gasteiger partial charge is 0.251 e. The van der Waals surface area contributed by atoms with Gasteiger partial charge >= 0.3 is 0 Å². The van der Waals surface area contributed by atoms with Crippen LogP contribution in [0.4, 0.5) is 0 Å². The maximum absolute atomic E-state index is 12.3. The van der Waals surface area contributed by atoms with Crippen molar-refractivity contribution in [2.75, 3.05) is 6.61 Å². The van der Waals surface area contributed by atoms with Crippen LogP contribution in [0.3, 0.4) is 0 Å². The molecule has 0 bridgehead atoms. The maximum atomic E-state index is 12.3. The highest BCUT2D eigenvalue weighted by molar-refractivity contribution is 5.94. The van der Waals surface area contributed by atoms with Crippen molar-refractivity contribution in [1.82, 2.24) is 5.32 Å². The zero-order valence-electron chi connectivity index (χ0n) is 12.1. The first-order valence-corrected chi connectivity index (χ1v) is 6.90. The minimum Gasteiger partial charge on any atom is -0.490 e. The summed E-state index contributed by atoms with van der Waals surface area (Å²) < 4.78 is 5.44. The first kappa shape index (κ1) is 14.9. The third kappa shape index (κ3) is 4.21. The fraction of sp³-hybridized carbons (Fsp3) is 0.167. The van der Waals surface area contributed by atoms with Crippen molar-refractivity contribution in [2.45, 2.75) is 13.0 Å². The molecule has 0 aliphatic heterocycles. The van der Waals surface area contributed by atoms with Gasteiger partial charge in [-0.15, -0.1) is 0 Å². The van der Waals surface area contributed by atoms with Gasteiger partial charge in [0.1, 0.15) is 12.4 Å². The third-order valence-corrected chi connectivity index (χ3v) is 3.11. The number of nitrogens with one attached hydrogen (secondary N) is 1. The molecule has 21 heavy (non-hydrogen) atoms. The van der Waals surface area contributed by atoms with E-state index < -0.39 is 0 Å². The highest BCUT2D eigenvalue weighted by atomic mass is 16.5. The summed E-state index contributed by atoms with van der Waals surface area (Å²) in [5.74, 6) is 0.547. The molecular formula is C18H19NO2. The highest BCUT2D eigenvalue weighted by Gasteiger charge is 2.11. The quantitative estimate of drug-likeness (QED) is 0.819. The lowest BCUT2D eigenvalue weighted by molar-refractivity contribution is 0.0939. The van der Waals surface area contributed by atoms with Crippen LogP contribution in [0.25, 0.3) is 0 Å². The van der Waals surface area contributed by atoms with Crippen LogP contribution in [-0.2, 0) is 0 Å². The van der Waals surface area contributed by atoms with Gasteiger partial charge in [0, 0.05) is 5.56 Å². The average molecular weight is 281 g/mol. The maximum Gasteiger partial charge on any atom is 0.251 e. The second-order valence-corrected chi connectivity index (χ2v) is 4.73. The van der Waals surface area contributed by atoms with Crippen molar-refractivity contribution in [3.8, 4) is 5.75 Å². The van der Waals surface area contributed by atoms with Crippen LogP contribution in [0.2, 0.25) is 0 Å². The lowest BCUT2D eigenvalue weighted by Gasteiger charge is -2.14. The molecule has 108 valence electrons. The van der Waals surface area contributed by atoms with Crippen molar-refractivity contribution in [1.29, 1.82) is 0 Å². The number of rotatable bonds is 6. The lowest BCUT2D eigenvalue weighted by atomic mass is 10.1. The van der Waals surface area contributed by atoms with E-state index in [1.807, 2.05) is 43.3 Å². The normalized spacial score (nSPS) is 11.5. The number of carbonyl (C=O) groups is 1. The Morgan fingerprint density at radius 2 is 2.00 bits per heavy atom. The number of ether oxygens (including phenoxy) is 1. The van der Waals surface area contributed by atoms with Crippen molar-refractivity contribution in [3.05, 3.63) is 78.4 Å². The molecule has 3 heteroatoms. The van der Waals surface area contributed by atoms with E-state index in [9.17, 15) is 4.79 Å². The van der Waals surface area contributed by atoms with Crippen molar-refractivity contribution >= 4 is 5.91 Å². The van der Waals surface area contributed by atoms with Crippen molar-refractivity contribution < 1.29 is 9.53 Å². The van der Waals surface area contributed by atoms with Gasteiger partial charge in [0.25, 0.3) is 5.91 Å². The number of amides is 1. The Morgan fingerprint density at radius 1 is 1.24 bits per heavy atom. The minimum absolute atomic E-state index is 0.0450. The summed E-state index contributed by atoms with van der Waals surface area (Å²) >= 11 is 0. The lowest BCUT2D eigenvalue weighted by Crippen LogP contribution is -2.26. The summed E-state index contributed by atoms with van der Waals surface area (Å²) in [6.07, 6.45) is 1.67. The predicted octanol–water partition coefficient (Wildman–Crippen LogP) is 3.74. The average Bonchev–Trinajstić information content (AvgIpc) is 2.54. The molecule has 0 unspecified atom stereocenters. The summed E-state index contributed by atoms with van der Waals surface area (Å²) in [6, 6.07) is 17.0. The van der Waals surface area contributed by atoms with E-state index in [-0.39, 0.29) is 11.9 Å². The Labute approximate surface area is 125 Å². The SMILES string of the molecule is C=CCOc1cccc(C(=O)N[C@@H](C)c2ccccc2)c1. The van der Waals surface area contributed by atoms with E-state index in [0.717, 1.165) is 5.56 Å². The van der Waals surface area contributed by atoms with E-state index in [2.05, 4.69) is 11.9 Å². The number of carbonyl (C=O) groups excluding carboxylic acids is 1. The fourth-order valence-electron chi connectivity index (χ4n) is 1.99. The van der Waals surface area contributed by atoms with Crippen LogP contribution < -0.4 is 10.1 Å². The van der Waals surface area contributed by atoms with E-state index >= 15 is 0 Å². The summed E-state index contributed by atoms with van der Waals surface area (Å²) in [7, 11) is 0. The number of hydrogen-bond donors (Lipinski definition) is 1. The molecule has 0 heterocycles. The van der Waals surface area contributed by atoms with E-state index in [1.54, 1.807) is 24.3 Å². The molecule has 0 aliphatic carbocycles. The zero-order chi connectivity index (χ0) is 15.1. The molecule has 0 radical (unpaired) electrons. The third-order valence-electron chi connectivity index (χ3n) is 3.11. The second-order valence-electron chi connectivity index (χ2n) is 4.73. The first-order valence-electron chi connectivity index (χ1n) is 6.90. The number of benzene rings is 2. The standard InChI is InChI=1S/C18H19NO2/c1-3-12-21-17-11-7-10-16(13-17)18(20)19-14(2)15-8-5-4-6-9-15/h3-11,13-14H,1,12H2,2H3,(H,19,20)/t14-/m0/s1. The molecule has 2 rings (SSSR count). The van der Waals surface area contributed by atoms with Crippen LogP contribution in [0, 0.1) is 0 Å². The van der Waals surface area contributed by atoms with Crippen molar-refractivity contribution in [2.24, 2.45) is 0 Å². The molecule has 2 aromatic rings. The van der Waals surface area contributed by atoms with Crippen molar-refractivity contribution in [3.63, 3.8) is 0 Å². The topological polar surface area (TPSA) is 38.3 Å². The van der Waals surface area contributed by atoms with Gasteiger partial charge in [0.05, 0.1) is 6.04 Å². The number of hydrogen-bond acceptors (Lipinski definition) is 2. The summed E-state index contributed by atoms with van der Waals surface area (Å²) in [6.45, 7) is 5.99. The Bertz CT molecular complexity index is 608. The predicted molar refractivity (Wildman–Crippen MR) is 84.5 cm³/mol. The Kier molecular flexibility index (Phi) is 5.16. The molecule has 0 fully saturated rings. The Morgan fingerprint density at radius 3 is 2.71 bits per heavy atom. The molecule has 0 saturated carbocycles. The molecule has 0 aliphatic rings. The second kappa shape index (κ2) is 7.29. The Balaban J connectivity index is 2.04. The van der Waals surface area contributed by atoms with Crippen LogP contribution >= 0.6 is 0 Å². The van der Waals surface area contributed by atoms with Gasteiger partial charge in [-0.3, -0.25) is 4.79 Å². The monoisotopic (exact) mass is 281 g/mol. The molecule has 1 N–H and O–H groups in total. The van der Waals surface area contributed by atoms with Gasteiger partial charge in [0.2, 0.25) is 0 Å². The first-order chi connectivity index (χ1) is 10.2. The summed E-state index contributed by atoms with van der Waals surface area (Å²) in [4.78, 5) is 12.3. The van der Waals surface area contributed by atoms with Gasteiger partial charge in [-0.1, -0.05) is 49.1 Å². The summed E-state index contributed by atoms with van der Waals surface area (Å²) in [5.41, 5.74) is 1.66. The molecular weight excluding hydrogens is 262 g/mol. The van der Waals surface area contributed by atoms with Gasteiger partial charge < -0.3 is 10.1 Å². The molecule has 1 atom stereocenters. The van der Waals surface area contributed by atoms with Crippen LogP contribution in [0.5, 0.6) is 5.75 Å². The molecule has 0 saturated heterocycles. The minimum atomic E-state index is -0.115. The largest absolute Gasteiger partial charge is 0.490 e. The molecule has 1 amide bonds. The van der Waals surface area contributed by atoms with Gasteiger partial charge in [-0.05, 0) is 30.7 Å². The van der Waals surface area contributed by atoms with Gasteiger partial charge in [-0.25, -0.2) is 0 Å². The van der Waals surface area contributed by atoms with E-state index in [1.165, 1.54) is 0 Å². The molecule has 3 nitrogen and oxygen atoms in total. The van der Waals surface area contributed by atoms with E-state index in [4.69, 9.17) is 4.74 Å². The fourth-order valence-corrected chi connectivity index (χ4v) is 1.99. The van der Waals surface area contributed by atoms with E-state index in [0.29, 0.717) is 17.9 Å². The van der Waals surface area contributed by atoms with Crippen LogP contribution in [0.15, 0.2) is 67.3 Å². The molecule has 0 aromatic heterocycles.